The average Bonchev–Trinajstić information content (AvgIpc) is 3.83. The molecule has 1 atom stereocenters. The van der Waals surface area contributed by atoms with Crippen LogP contribution < -0.4 is 20.5 Å². The van der Waals surface area contributed by atoms with Gasteiger partial charge in [0, 0.05) is 51.9 Å². The highest BCUT2D eigenvalue weighted by molar-refractivity contribution is 6.50. The number of carbonyl (C=O) groups excluding carboxylic acids is 2. The highest BCUT2D eigenvalue weighted by atomic mass is 16.5. The summed E-state index contributed by atoms with van der Waals surface area (Å²) in [6.45, 7) is 4.85. The molecule has 0 saturated heterocycles. The topological polar surface area (TPSA) is 132 Å². The van der Waals surface area contributed by atoms with Crippen molar-refractivity contribution in [3.05, 3.63) is 132 Å². The van der Waals surface area contributed by atoms with E-state index in [9.17, 15) is 14.7 Å². The fourth-order valence-electron chi connectivity index (χ4n) is 7.16. The number of nitrogens with zero attached hydrogens (tertiary/aromatic N) is 1. The number of hydrogen-bond donors (Lipinski definition) is 4. The lowest BCUT2D eigenvalue weighted by Gasteiger charge is -2.38. The van der Waals surface area contributed by atoms with Gasteiger partial charge in [-0.3, -0.25) is 14.9 Å². The van der Waals surface area contributed by atoms with E-state index in [1.165, 1.54) is 0 Å². The predicted molar refractivity (Wildman–Crippen MR) is 195 cm³/mol. The number of carbonyl (C=O) groups is 2. The second kappa shape index (κ2) is 13.7. The highest BCUT2D eigenvalue weighted by Gasteiger charge is 2.40. The number of aromatic amines is 1. The molecule has 1 aliphatic rings. The molecule has 0 aliphatic carbocycles. The van der Waals surface area contributed by atoms with E-state index >= 15 is 0 Å². The van der Waals surface area contributed by atoms with Gasteiger partial charge in [-0.1, -0.05) is 74.5 Å². The molecule has 0 fully saturated rings. The third kappa shape index (κ3) is 5.84. The molecule has 9 nitrogen and oxygen atoms in total. The van der Waals surface area contributed by atoms with Gasteiger partial charge in [-0.15, -0.1) is 0 Å². The Kier molecular flexibility index (Phi) is 9.01. The molecule has 5 N–H and O–H groups in total. The molecule has 9 heteroatoms. The zero-order valence-electron chi connectivity index (χ0n) is 28.1. The maximum absolute atomic E-state index is 13.8. The number of H-pyrrole nitrogens is 1. The molecule has 2 amide bonds. The molecular weight excluding hydrogens is 628 g/mol. The summed E-state index contributed by atoms with van der Waals surface area (Å²) in [6.07, 6.45) is 3.96. The largest absolute Gasteiger partial charge is 0.489 e. The van der Waals surface area contributed by atoms with Crippen molar-refractivity contribution < 1.29 is 24.2 Å². The van der Waals surface area contributed by atoms with Gasteiger partial charge in [0.15, 0.2) is 0 Å². The van der Waals surface area contributed by atoms with E-state index in [1.54, 1.807) is 6.20 Å². The van der Waals surface area contributed by atoms with Gasteiger partial charge in [-0.05, 0) is 60.4 Å². The van der Waals surface area contributed by atoms with E-state index in [0.717, 1.165) is 32.9 Å². The van der Waals surface area contributed by atoms with Crippen molar-refractivity contribution >= 4 is 44.8 Å². The standard InChI is InChI=1S/C41H40N4O5/c1-3-41(4-2,36(46)21-42)45-23-33(31-20-29(16-18-35(31)45)50-25-27-13-9-6-10-14-27)38-37(39(47)44-40(38)48)32-22-43-34-17-15-28(19-30(32)34)49-24-26-11-7-5-8-12-26/h5-20,22-23,36,43,46H,3-4,21,24-25,42H2,1-2H3,(H,44,47,48). The molecule has 2 aromatic heterocycles. The number of amides is 2. The fraction of sp³-hybridized carbons (Fsp3) is 0.220. The van der Waals surface area contributed by atoms with Crippen LogP contribution in [0.4, 0.5) is 0 Å². The van der Waals surface area contributed by atoms with Crippen molar-refractivity contribution in [3.8, 4) is 11.5 Å². The van der Waals surface area contributed by atoms with Gasteiger partial charge < -0.3 is 29.9 Å². The number of fused-ring (bicyclic) bond motifs is 2. The first-order chi connectivity index (χ1) is 24.4. The Morgan fingerprint density at radius 3 is 1.90 bits per heavy atom. The summed E-state index contributed by atoms with van der Waals surface area (Å²) in [5.74, 6) is 0.261. The fourth-order valence-corrected chi connectivity index (χ4v) is 7.16. The summed E-state index contributed by atoms with van der Waals surface area (Å²) in [5.41, 5.74) is 10.6. The van der Waals surface area contributed by atoms with Gasteiger partial charge in [0.1, 0.15) is 24.7 Å². The third-order valence-electron chi connectivity index (χ3n) is 9.94. The second-order valence-corrected chi connectivity index (χ2v) is 12.6. The summed E-state index contributed by atoms with van der Waals surface area (Å²) >= 11 is 0. The molecule has 6 aromatic rings. The van der Waals surface area contributed by atoms with Crippen molar-refractivity contribution in [2.45, 2.75) is 51.5 Å². The molecule has 254 valence electrons. The van der Waals surface area contributed by atoms with Crippen LogP contribution >= 0.6 is 0 Å². The van der Waals surface area contributed by atoms with Crippen LogP contribution in [0.2, 0.25) is 0 Å². The lowest BCUT2D eigenvalue weighted by molar-refractivity contribution is -0.122. The summed E-state index contributed by atoms with van der Waals surface area (Å²) in [4.78, 5) is 30.8. The normalized spacial score (nSPS) is 14.1. The van der Waals surface area contributed by atoms with Crippen LogP contribution in [0, 0.1) is 0 Å². The van der Waals surface area contributed by atoms with E-state index in [-0.39, 0.29) is 17.7 Å². The summed E-state index contributed by atoms with van der Waals surface area (Å²) in [5, 5.41) is 15.4. The Morgan fingerprint density at radius 1 is 0.760 bits per heavy atom. The number of benzene rings is 4. The molecule has 7 rings (SSSR count). The van der Waals surface area contributed by atoms with Gasteiger partial charge in [0.05, 0.1) is 22.8 Å². The lowest BCUT2D eigenvalue weighted by atomic mass is 9.85. The number of rotatable bonds is 13. The maximum Gasteiger partial charge on any atom is 0.259 e. The highest BCUT2D eigenvalue weighted by Crippen LogP contribution is 2.43. The molecule has 4 aromatic carbocycles. The number of aromatic nitrogens is 2. The Morgan fingerprint density at radius 2 is 1.32 bits per heavy atom. The number of hydrogen-bond acceptors (Lipinski definition) is 6. The Hall–Kier alpha value is -5.64. The zero-order chi connectivity index (χ0) is 34.8. The Bertz CT molecular complexity index is 2210. The summed E-state index contributed by atoms with van der Waals surface area (Å²) in [6, 6.07) is 31.2. The van der Waals surface area contributed by atoms with Crippen LogP contribution in [0.3, 0.4) is 0 Å². The minimum absolute atomic E-state index is 0.0614. The zero-order valence-corrected chi connectivity index (χ0v) is 28.1. The van der Waals surface area contributed by atoms with Gasteiger partial charge in [0.25, 0.3) is 11.8 Å². The van der Waals surface area contributed by atoms with Crippen molar-refractivity contribution in [1.82, 2.24) is 14.9 Å². The summed E-state index contributed by atoms with van der Waals surface area (Å²) < 4.78 is 14.4. The molecule has 0 bridgehead atoms. The van der Waals surface area contributed by atoms with E-state index in [4.69, 9.17) is 15.2 Å². The smallest absolute Gasteiger partial charge is 0.259 e. The van der Waals surface area contributed by atoms with Crippen LogP contribution in [0.15, 0.2) is 109 Å². The first-order valence-corrected chi connectivity index (χ1v) is 17.0. The van der Waals surface area contributed by atoms with Crippen LogP contribution in [-0.4, -0.2) is 39.1 Å². The minimum Gasteiger partial charge on any atom is -0.489 e. The molecule has 0 radical (unpaired) electrons. The number of aliphatic hydroxyl groups excluding tert-OH is 1. The van der Waals surface area contributed by atoms with Gasteiger partial charge in [-0.25, -0.2) is 0 Å². The third-order valence-corrected chi connectivity index (χ3v) is 9.94. The molecule has 50 heavy (non-hydrogen) atoms. The van der Waals surface area contributed by atoms with Crippen molar-refractivity contribution in [1.29, 1.82) is 0 Å². The molecular formula is C41H40N4O5. The SMILES string of the molecule is CCC(CC)(C(O)CN)n1cc(C2=C(c3c[nH]c4ccc(OCc5ccccc5)cc34)C(=O)NC2=O)c2cc(OCc3ccccc3)ccc21. The number of nitrogens with two attached hydrogens (primary N) is 1. The monoisotopic (exact) mass is 668 g/mol. The quantitative estimate of drug-likeness (QED) is 0.102. The minimum atomic E-state index is -0.856. The Labute approximate surface area is 290 Å². The van der Waals surface area contributed by atoms with Gasteiger partial charge >= 0.3 is 0 Å². The number of nitrogens with one attached hydrogen (secondary N) is 2. The molecule has 1 aliphatic heterocycles. The van der Waals surface area contributed by atoms with Crippen LogP contribution in [0.1, 0.15) is 48.9 Å². The number of aliphatic hydroxyl groups is 1. The van der Waals surface area contributed by atoms with Crippen molar-refractivity contribution in [2.24, 2.45) is 5.73 Å². The van der Waals surface area contributed by atoms with Crippen LogP contribution in [0.25, 0.3) is 33.0 Å². The van der Waals surface area contributed by atoms with E-state index in [0.29, 0.717) is 48.7 Å². The van der Waals surface area contributed by atoms with Crippen molar-refractivity contribution in [2.75, 3.05) is 6.54 Å². The van der Waals surface area contributed by atoms with Gasteiger partial charge in [0.2, 0.25) is 0 Å². The second-order valence-electron chi connectivity index (χ2n) is 12.6. The number of imide groups is 1. The number of ether oxygens (including phenoxy) is 2. The van der Waals surface area contributed by atoms with Crippen LogP contribution in [0.5, 0.6) is 11.5 Å². The molecule has 1 unspecified atom stereocenters. The molecule has 0 saturated carbocycles. The van der Waals surface area contributed by atoms with E-state index in [1.807, 2.05) is 122 Å². The first-order valence-electron chi connectivity index (χ1n) is 17.0. The molecule has 3 heterocycles. The lowest BCUT2D eigenvalue weighted by Crippen LogP contribution is -2.47. The van der Waals surface area contributed by atoms with Gasteiger partial charge in [-0.2, -0.15) is 0 Å². The van der Waals surface area contributed by atoms with Crippen LogP contribution in [-0.2, 0) is 28.3 Å². The summed E-state index contributed by atoms with van der Waals surface area (Å²) in [7, 11) is 0. The van der Waals surface area contributed by atoms with E-state index < -0.39 is 23.5 Å². The predicted octanol–water partition coefficient (Wildman–Crippen LogP) is 6.68. The van der Waals surface area contributed by atoms with Crippen molar-refractivity contribution in [3.63, 3.8) is 0 Å². The Balaban J connectivity index is 1.39. The first kappa shape index (κ1) is 32.9. The molecule has 0 spiro atoms. The van der Waals surface area contributed by atoms with E-state index in [2.05, 4.69) is 10.3 Å². The maximum atomic E-state index is 13.8. The average molecular weight is 669 g/mol.